The van der Waals surface area contributed by atoms with Crippen LogP contribution in [-0.4, -0.2) is 36.6 Å². The van der Waals surface area contributed by atoms with Crippen LogP contribution in [0.5, 0.6) is 0 Å². The number of ether oxygens (including phenoxy) is 1. The first kappa shape index (κ1) is 14.2. The quantitative estimate of drug-likeness (QED) is 0.867. The highest BCUT2D eigenvalue weighted by Crippen LogP contribution is 2.22. The van der Waals surface area contributed by atoms with E-state index >= 15 is 0 Å². The Morgan fingerprint density at radius 1 is 1.47 bits per heavy atom. The number of benzene rings is 1. The van der Waals surface area contributed by atoms with Crippen molar-refractivity contribution in [2.45, 2.75) is 25.9 Å². The molecule has 1 fully saturated rings. The van der Waals surface area contributed by atoms with Gasteiger partial charge in [0.05, 0.1) is 16.8 Å². The molecule has 2 rings (SSSR count). The van der Waals surface area contributed by atoms with Gasteiger partial charge in [-0.1, -0.05) is 11.6 Å². The van der Waals surface area contributed by atoms with Crippen molar-refractivity contribution in [3.8, 4) is 0 Å². The van der Waals surface area contributed by atoms with Gasteiger partial charge in [0.2, 0.25) is 0 Å². The van der Waals surface area contributed by atoms with Gasteiger partial charge >= 0.3 is 0 Å². The second kappa shape index (κ2) is 6.26. The zero-order valence-electron chi connectivity index (χ0n) is 11.1. The Labute approximate surface area is 118 Å². The van der Waals surface area contributed by atoms with Crippen molar-refractivity contribution in [1.29, 1.82) is 0 Å². The number of nitrogens with zero attached hydrogens (tertiary/aromatic N) is 1. The first-order valence-electron chi connectivity index (χ1n) is 6.57. The Morgan fingerprint density at radius 2 is 2.16 bits per heavy atom. The maximum atomic E-state index is 12.3. The molecule has 0 atom stereocenters. The maximum Gasteiger partial charge on any atom is 0.253 e. The standard InChI is InChI=1S/C14H19ClN2O2/c1-2-19-11-5-7-17(8-6-11)14(18)10-3-4-12(15)13(16)9-10/h3-4,9,11H,2,5-8,16H2,1H3. The lowest BCUT2D eigenvalue weighted by Crippen LogP contribution is -2.40. The van der Waals surface area contributed by atoms with Crippen LogP contribution >= 0.6 is 11.6 Å². The fraction of sp³-hybridized carbons (Fsp3) is 0.500. The summed E-state index contributed by atoms with van der Waals surface area (Å²) in [5, 5.41) is 0.478. The van der Waals surface area contributed by atoms with Crippen LogP contribution in [0.15, 0.2) is 18.2 Å². The van der Waals surface area contributed by atoms with Gasteiger partial charge in [-0.25, -0.2) is 0 Å². The molecule has 19 heavy (non-hydrogen) atoms. The number of amides is 1. The molecule has 4 nitrogen and oxygen atoms in total. The van der Waals surface area contributed by atoms with Crippen molar-refractivity contribution < 1.29 is 9.53 Å². The number of hydrogen-bond donors (Lipinski definition) is 1. The summed E-state index contributed by atoms with van der Waals surface area (Å²) in [5.74, 6) is 0.0123. The number of likely N-dealkylation sites (tertiary alicyclic amines) is 1. The summed E-state index contributed by atoms with van der Waals surface area (Å²) in [7, 11) is 0. The van der Waals surface area contributed by atoms with E-state index in [1.807, 2.05) is 11.8 Å². The van der Waals surface area contributed by atoms with Crippen molar-refractivity contribution in [2.24, 2.45) is 0 Å². The molecule has 1 aromatic rings. The predicted octanol–water partition coefficient (Wildman–Crippen LogP) is 2.56. The molecule has 0 radical (unpaired) electrons. The molecule has 0 aromatic heterocycles. The molecule has 5 heteroatoms. The number of nitrogens with two attached hydrogens (primary N) is 1. The zero-order chi connectivity index (χ0) is 13.8. The molecular formula is C14H19ClN2O2. The lowest BCUT2D eigenvalue weighted by Gasteiger charge is -2.31. The fourth-order valence-electron chi connectivity index (χ4n) is 2.32. The summed E-state index contributed by atoms with van der Waals surface area (Å²) in [4.78, 5) is 14.2. The van der Waals surface area contributed by atoms with Gasteiger partial charge in [0.25, 0.3) is 5.91 Å². The van der Waals surface area contributed by atoms with Crippen molar-refractivity contribution in [2.75, 3.05) is 25.4 Å². The van der Waals surface area contributed by atoms with E-state index in [1.165, 1.54) is 0 Å². The molecule has 0 spiro atoms. The molecule has 0 saturated carbocycles. The van der Waals surface area contributed by atoms with E-state index in [1.54, 1.807) is 18.2 Å². The molecule has 104 valence electrons. The molecule has 2 N–H and O–H groups in total. The van der Waals surface area contributed by atoms with Crippen LogP contribution in [0.4, 0.5) is 5.69 Å². The number of anilines is 1. The van der Waals surface area contributed by atoms with Gasteiger partial charge in [-0.15, -0.1) is 0 Å². The van der Waals surface area contributed by atoms with Crippen LogP contribution in [0.3, 0.4) is 0 Å². The molecule has 1 aliphatic rings. The minimum absolute atomic E-state index is 0.0123. The van der Waals surface area contributed by atoms with Gasteiger partial charge in [-0.2, -0.15) is 0 Å². The van der Waals surface area contributed by atoms with Crippen LogP contribution in [0.1, 0.15) is 30.1 Å². The van der Waals surface area contributed by atoms with E-state index in [4.69, 9.17) is 22.1 Å². The highest BCUT2D eigenvalue weighted by Gasteiger charge is 2.23. The van der Waals surface area contributed by atoms with E-state index in [2.05, 4.69) is 0 Å². The number of halogens is 1. The Morgan fingerprint density at radius 3 is 2.74 bits per heavy atom. The van der Waals surface area contributed by atoms with Gasteiger partial charge in [0, 0.05) is 25.3 Å². The van der Waals surface area contributed by atoms with Crippen LogP contribution < -0.4 is 5.73 Å². The zero-order valence-corrected chi connectivity index (χ0v) is 11.8. The third-order valence-electron chi connectivity index (χ3n) is 3.37. The van der Waals surface area contributed by atoms with Crippen LogP contribution in [0.25, 0.3) is 0 Å². The monoisotopic (exact) mass is 282 g/mol. The SMILES string of the molecule is CCOC1CCN(C(=O)c2ccc(Cl)c(N)c2)CC1. The third-order valence-corrected chi connectivity index (χ3v) is 3.72. The normalized spacial score (nSPS) is 16.6. The summed E-state index contributed by atoms with van der Waals surface area (Å²) in [6, 6.07) is 5.02. The average molecular weight is 283 g/mol. The van der Waals surface area contributed by atoms with Crippen molar-refractivity contribution in [1.82, 2.24) is 4.90 Å². The van der Waals surface area contributed by atoms with E-state index in [-0.39, 0.29) is 12.0 Å². The molecule has 1 aromatic carbocycles. The molecule has 1 aliphatic heterocycles. The highest BCUT2D eigenvalue weighted by molar-refractivity contribution is 6.33. The van der Waals surface area contributed by atoms with Crippen molar-refractivity contribution >= 4 is 23.2 Å². The van der Waals surface area contributed by atoms with Gasteiger partial charge in [0.15, 0.2) is 0 Å². The van der Waals surface area contributed by atoms with Crippen LogP contribution in [-0.2, 0) is 4.74 Å². The summed E-state index contributed by atoms with van der Waals surface area (Å²) in [6.07, 6.45) is 2.06. The van der Waals surface area contributed by atoms with E-state index < -0.39 is 0 Å². The van der Waals surface area contributed by atoms with Crippen molar-refractivity contribution in [3.63, 3.8) is 0 Å². The second-order valence-corrected chi connectivity index (χ2v) is 5.09. The number of carbonyl (C=O) groups excluding carboxylic acids is 1. The van der Waals surface area contributed by atoms with Gasteiger partial charge in [0.1, 0.15) is 0 Å². The number of nitrogen functional groups attached to an aromatic ring is 1. The average Bonchev–Trinajstić information content (AvgIpc) is 2.42. The first-order chi connectivity index (χ1) is 9.11. The first-order valence-corrected chi connectivity index (χ1v) is 6.95. The maximum absolute atomic E-state index is 12.3. The molecule has 1 amide bonds. The molecule has 0 aliphatic carbocycles. The second-order valence-electron chi connectivity index (χ2n) is 4.68. The fourth-order valence-corrected chi connectivity index (χ4v) is 2.44. The molecule has 1 saturated heterocycles. The van der Waals surface area contributed by atoms with E-state index in [0.29, 0.717) is 16.3 Å². The summed E-state index contributed by atoms with van der Waals surface area (Å²) < 4.78 is 5.58. The Bertz CT molecular complexity index is 457. The van der Waals surface area contributed by atoms with Gasteiger partial charge < -0.3 is 15.4 Å². The number of hydrogen-bond acceptors (Lipinski definition) is 3. The highest BCUT2D eigenvalue weighted by atomic mass is 35.5. The minimum atomic E-state index is 0.0123. The molecule has 0 unspecified atom stereocenters. The van der Waals surface area contributed by atoms with Crippen LogP contribution in [0.2, 0.25) is 5.02 Å². The number of carbonyl (C=O) groups is 1. The van der Waals surface area contributed by atoms with Gasteiger partial charge in [-0.05, 0) is 38.0 Å². The largest absolute Gasteiger partial charge is 0.398 e. The predicted molar refractivity (Wildman–Crippen MR) is 76.4 cm³/mol. The lowest BCUT2D eigenvalue weighted by atomic mass is 10.1. The smallest absolute Gasteiger partial charge is 0.253 e. The molecule has 0 bridgehead atoms. The van der Waals surface area contributed by atoms with E-state index in [0.717, 1.165) is 32.5 Å². The summed E-state index contributed by atoms with van der Waals surface area (Å²) in [6.45, 7) is 4.18. The Hall–Kier alpha value is -1.26. The van der Waals surface area contributed by atoms with Crippen molar-refractivity contribution in [3.05, 3.63) is 28.8 Å². The van der Waals surface area contributed by atoms with Gasteiger partial charge in [-0.3, -0.25) is 4.79 Å². The Balaban J connectivity index is 1.99. The topological polar surface area (TPSA) is 55.6 Å². The van der Waals surface area contributed by atoms with E-state index in [9.17, 15) is 4.79 Å². The summed E-state index contributed by atoms with van der Waals surface area (Å²) >= 11 is 5.86. The summed E-state index contributed by atoms with van der Waals surface area (Å²) in [5.41, 5.74) is 6.76. The number of piperidine rings is 1. The molecular weight excluding hydrogens is 264 g/mol. The lowest BCUT2D eigenvalue weighted by molar-refractivity contribution is 0.0146. The molecule has 1 heterocycles. The third kappa shape index (κ3) is 3.39. The minimum Gasteiger partial charge on any atom is -0.398 e. The Kier molecular flexibility index (Phi) is 4.66. The van der Waals surface area contributed by atoms with Crippen LogP contribution in [0, 0.1) is 0 Å². The number of rotatable bonds is 3.